The van der Waals surface area contributed by atoms with E-state index in [1.165, 1.54) is 0 Å². The molecule has 2 bridgehead atoms. The smallest absolute Gasteiger partial charge is 0.338 e. The van der Waals surface area contributed by atoms with Gasteiger partial charge >= 0.3 is 11.9 Å². The molecule has 4 rings (SSSR count). The molecule has 1 saturated heterocycles. The lowest BCUT2D eigenvalue weighted by Crippen LogP contribution is -2.40. The molecule has 1 aromatic carbocycles. The van der Waals surface area contributed by atoms with E-state index in [0.29, 0.717) is 17.9 Å². The van der Waals surface area contributed by atoms with Crippen molar-refractivity contribution in [2.24, 2.45) is 29.6 Å². The molecule has 1 aliphatic heterocycles. The first-order valence-electron chi connectivity index (χ1n) is 9.29. The van der Waals surface area contributed by atoms with Crippen LogP contribution in [0.4, 0.5) is 5.69 Å². The highest BCUT2D eigenvalue weighted by molar-refractivity contribution is 9.09. The zero-order chi connectivity index (χ0) is 19.3. The Bertz CT molecular complexity index is 777. The van der Waals surface area contributed by atoms with E-state index in [1.54, 1.807) is 24.3 Å². The first-order valence-corrected chi connectivity index (χ1v) is 10.2. The maximum atomic E-state index is 12.8. The van der Waals surface area contributed by atoms with Crippen LogP contribution < -0.4 is 5.32 Å². The maximum Gasteiger partial charge on any atom is 0.338 e. The van der Waals surface area contributed by atoms with E-state index in [4.69, 9.17) is 9.47 Å². The van der Waals surface area contributed by atoms with E-state index in [1.807, 2.05) is 13.8 Å². The van der Waals surface area contributed by atoms with Crippen LogP contribution in [0.3, 0.4) is 0 Å². The molecular weight excluding hydrogens is 414 g/mol. The zero-order valence-corrected chi connectivity index (χ0v) is 16.8. The number of esters is 2. The van der Waals surface area contributed by atoms with Gasteiger partial charge in [0, 0.05) is 11.6 Å². The van der Waals surface area contributed by atoms with Crippen molar-refractivity contribution in [2.45, 2.75) is 31.2 Å². The molecule has 0 aromatic heterocycles. The summed E-state index contributed by atoms with van der Waals surface area (Å²) >= 11 is 3.61. The average molecular weight is 436 g/mol. The van der Waals surface area contributed by atoms with Gasteiger partial charge in [-0.3, -0.25) is 9.59 Å². The number of benzene rings is 1. The molecule has 1 N–H and O–H groups in total. The van der Waals surface area contributed by atoms with Crippen LogP contribution in [0.15, 0.2) is 24.3 Å². The quantitative estimate of drug-likeness (QED) is 0.567. The molecule has 6 atom stereocenters. The molecule has 0 unspecified atom stereocenters. The lowest BCUT2D eigenvalue weighted by Gasteiger charge is -2.27. The van der Waals surface area contributed by atoms with Gasteiger partial charge in [-0.2, -0.15) is 0 Å². The first kappa shape index (κ1) is 18.5. The Morgan fingerprint density at radius 2 is 1.96 bits per heavy atom. The number of carbonyl (C=O) groups is 3. The summed E-state index contributed by atoms with van der Waals surface area (Å²) in [4.78, 5) is 37.0. The minimum atomic E-state index is -0.378. The predicted molar refractivity (Wildman–Crippen MR) is 101 cm³/mol. The second-order valence-electron chi connectivity index (χ2n) is 8.02. The number of nitrogens with one attached hydrogen (secondary N) is 1. The molecule has 1 heterocycles. The number of amides is 1. The normalized spacial score (nSPS) is 33.3. The summed E-state index contributed by atoms with van der Waals surface area (Å²) in [5.74, 6) is -0.976. The van der Waals surface area contributed by atoms with Crippen LogP contribution in [-0.2, 0) is 19.1 Å². The van der Waals surface area contributed by atoms with Crippen molar-refractivity contribution >= 4 is 39.5 Å². The Balaban J connectivity index is 1.42. The highest BCUT2D eigenvalue weighted by Gasteiger charge is 2.67. The van der Waals surface area contributed by atoms with E-state index >= 15 is 0 Å². The van der Waals surface area contributed by atoms with E-state index in [0.717, 1.165) is 6.42 Å². The van der Waals surface area contributed by atoms with E-state index in [-0.39, 0.29) is 58.4 Å². The molecule has 6 nitrogen and oxygen atoms in total. The fourth-order valence-electron chi connectivity index (χ4n) is 4.57. The Morgan fingerprint density at radius 3 is 2.63 bits per heavy atom. The molecule has 1 aromatic rings. The first-order chi connectivity index (χ1) is 12.9. The molecule has 0 spiro atoms. The molecule has 7 heteroatoms. The molecule has 2 aliphatic carbocycles. The van der Waals surface area contributed by atoms with Crippen LogP contribution in [0.25, 0.3) is 0 Å². The van der Waals surface area contributed by atoms with Gasteiger partial charge in [0.1, 0.15) is 6.10 Å². The van der Waals surface area contributed by atoms with Crippen LogP contribution in [0.5, 0.6) is 0 Å². The molecule has 3 aliphatic rings. The third-order valence-corrected chi connectivity index (χ3v) is 6.96. The molecule has 27 heavy (non-hydrogen) atoms. The Hall–Kier alpha value is -1.89. The average Bonchev–Trinajstić information content (AvgIpc) is 3.24. The lowest BCUT2D eigenvalue weighted by molar-refractivity contribution is -0.145. The van der Waals surface area contributed by atoms with Gasteiger partial charge in [0.25, 0.3) is 0 Å². The molecular formula is C20H22BrNO5. The van der Waals surface area contributed by atoms with Crippen molar-refractivity contribution in [3.8, 4) is 0 Å². The van der Waals surface area contributed by atoms with E-state index in [2.05, 4.69) is 21.2 Å². The summed E-state index contributed by atoms with van der Waals surface area (Å²) in [7, 11) is 0. The van der Waals surface area contributed by atoms with Crippen molar-refractivity contribution in [3.63, 3.8) is 0 Å². The van der Waals surface area contributed by atoms with Crippen LogP contribution in [0.2, 0.25) is 0 Å². The highest BCUT2D eigenvalue weighted by atomic mass is 79.9. The van der Waals surface area contributed by atoms with E-state index in [9.17, 15) is 14.4 Å². The summed E-state index contributed by atoms with van der Waals surface area (Å²) in [6.07, 6.45) is 0.753. The fourth-order valence-corrected chi connectivity index (χ4v) is 5.62. The predicted octanol–water partition coefficient (Wildman–Crippen LogP) is 3.01. The summed E-state index contributed by atoms with van der Waals surface area (Å²) in [6.45, 7) is 4.32. The van der Waals surface area contributed by atoms with Crippen LogP contribution in [0.1, 0.15) is 30.6 Å². The molecule has 2 saturated carbocycles. The zero-order valence-electron chi connectivity index (χ0n) is 15.2. The SMILES string of the molecule is CC(C)COC(=O)c1ccc(NC(=O)[C@@H]2[C@H]3C[C@H]4[C@H](OC(=O)[C@@H]42)[C@@H]3Br)cc1. The van der Waals surface area contributed by atoms with E-state index < -0.39 is 0 Å². The minimum absolute atomic E-state index is 0.0408. The summed E-state index contributed by atoms with van der Waals surface area (Å²) in [5, 5.41) is 2.89. The number of ether oxygens (including phenoxy) is 2. The molecule has 1 amide bonds. The number of hydrogen-bond acceptors (Lipinski definition) is 5. The number of carbonyl (C=O) groups excluding carboxylic acids is 3. The fraction of sp³-hybridized carbons (Fsp3) is 0.550. The Labute approximate surface area is 166 Å². The maximum absolute atomic E-state index is 12.8. The number of alkyl halides is 1. The number of hydrogen-bond donors (Lipinski definition) is 1. The van der Waals surface area contributed by atoms with Crippen LogP contribution >= 0.6 is 15.9 Å². The van der Waals surface area contributed by atoms with Gasteiger partial charge < -0.3 is 14.8 Å². The van der Waals surface area contributed by atoms with Gasteiger partial charge in [-0.1, -0.05) is 29.8 Å². The van der Waals surface area contributed by atoms with Gasteiger partial charge in [-0.25, -0.2) is 4.79 Å². The summed E-state index contributed by atoms with van der Waals surface area (Å²) in [6, 6.07) is 6.62. The van der Waals surface area contributed by atoms with Crippen molar-refractivity contribution in [1.82, 2.24) is 0 Å². The molecule has 0 radical (unpaired) electrons. The van der Waals surface area contributed by atoms with Gasteiger partial charge in [-0.05, 0) is 42.5 Å². The lowest BCUT2D eigenvalue weighted by atomic mass is 9.79. The Morgan fingerprint density at radius 1 is 1.26 bits per heavy atom. The summed E-state index contributed by atoms with van der Waals surface area (Å²) in [5.41, 5.74) is 1.04. The summed E-state index contributed by atoms with van der Waals surface area (Å²) < 4.78 is 10.6. The standard InChI is InChI=1S/C20H22BrNO5/c1-9(2)8-26-19(24)10-3-5-11(6-4-10)22-18(23)14-12-7-13-15(14)20(25)27-17(13)16(12)21/h3-6,9,12-17H,7-8H2,1-2H3,(H,22,23)/t12-,13-,14-,15+,16-,17+/m1/s1. The second kappa shape index (κ2) is 6.93. The Kier molecular flexibility index (Phi) is 4.74. The van der Waals surface area contributed by atoms with Crippen LogP contribution in [-0.4, -0.2) is 35.4 Å². The third-order valence-electron chi connectivity index (χ3n) is 5.76. The second-order valence-corrected chi connectivity index (χ2v) is 9.08. The molecule has 3 fully saturated rings. The largest absolute Gasteiger partial charge is 0.462 e. The number of anilines is 1. The number of halogens is 1. The molecule has 144 valence electrons. The minimum Gasteiger partial charge on any atom is -0.462 e. The third kappa shape index (κ3) is 3.16. The van der Waals surface area contributed by atoms with Crippen molar-refractivity contribution < 1.29 is 23.9 Å². The van der Waals surface area contributed by atoms with Crippen molar-refractivity contribution in [2.75, 3.05) is 11.9 Å². The van der Waals surface area contributed by atoms with Crippen LogP contribution in [0, 0.1) is 29.6 Å². The van der Waals surface area contributed by atoms with Gasteiger partial charge in [0.2, 0.25) is 5.91 Å². The van der Waals surface area contributed by atoms with Crippen molar-refractivity contribution in [3.05, 3.63) is 29.8 Å². The van der Waals surface area contributed by atoms with Gasteiger partial charge in [0.05, 0.1) is 28.8 Å². The van der Waals surface area contributed by atoms with Gasteiger partial charge in [0.15, 0.2) is 0 Å². The monoisotopic (exact) mass is 435 g/mol. The van der Waals surface area contributed by atoms with Crippen molar-refractivity contribution in [1.29, 1.82) is 0 Å². The highest BCUT2D eigenvalue weighted by Crippen LogP contribution is 2.60. The number of rotatable bonds is 5. The van der Waals surface area contributed by atoms with Gasteiger partial charge in [-0.15, -0.1) is 0 Å². The topological polar surface area (TPSA) is 81.7 Å². The number of fused-ring (bicyclic) bond motifs is 1.